The second-order valence-electron chi connectivity index (χ2n) is 7.43. The molecule has 0 saturated heterocycles. The summed E-state index contributed by atoms with van der Waals surface area (Å²) in [6, 6.07) is 0. The number of halogens is 8. The molecule has 0 amide bonds. The fourth-order valence-corrected chi connectivity index (χ4v) is 6.92. The molecule has 6 nitrogen and oxygen atoms in total. The fraction of sp³-hybridized carbons (Fsp3) is 0.455. The Balaban J connectivity index is 2.77. The zero-order valence-electron chi connectivity index (χ0n) is 20.6. The average Bonchev–Trinajstić information content (AvgIpc) is 2.85. The SMILES string of the molecule is CCOP(=O)(Cc1c(F)c(F)c(-c2c(F)c(F)c(CP(=O)(OCC)OCC)c(F)c2F)c(F)c1F)OCC. The summed E-state index contributed by atoms with van der Waals surface area (Å²) in [7, 11) is -8.65. The van der Waals surface area contributed by atoms with Crippen LogP contribution in [-0.2, 0) is 39.5 Å². The predicted molar refractivity (Wildman–Crippen MR) is 121 cm³/mol. The molecule has 16 heteroatoms. The second-order valence-corrected chi connectivity index (χ2v) is 11.5. The minimum atomic E-state index is -4.33. The van der Waals surface area contributed by atoms with Gasteiger partial charge in [0.15, 0.2) is 46.5 Å². The molecule has 0 aromatic heterocycles. The molecule has 0 saturated carbocycles. The Morgan fingerprint density at radius 2 is 0.658 bits per heavy atom. The van der Waals surface area contributed by atoms with E-state index < -0.39 is 96.3 Å². The van der Waals surface area contributed by atoms with E-state index in [1.807, 2.05) is 0 Å². The summed E-state index contributed by atoms with van der Waals surface area (Å²) < 4.78 is 163. The highest BCUT2D eigenvalue weighted by molar-refractivity contribution is 7.53. The van der Waals surface area contributed by atoms with Gasteiger partial charge in [0.1, 0.15) is 0 Å². The van der Waals surface area contributed by atoms with Gasteiger partial charge in [0, 0.05) is 11.1 Å². The maximum absolute atomic E-state index is 14.9. The third-order valence-electron chi connectivity index (χ3n) is 4.97. The monoisotopic (exact) mass is 598 g/mol. The van der Waals surface area contributed by atoms with Crippen LogP contribution in [0.5, 0.6) is 0 Å². The first-order chi connectivity index (χ1) is 17.7. The molecule has 0 fully saturated rings. The lowest BCUT2D eigenvalue weighted by atomic mass is 9.98. The lowest BCUT2D eigenvalue weighted by Gasteiger charge is -2.20. The Labute approximate surface area is 213 Å². The lowest BCUT2D eigenvalue weighted by Crippen LogP contribution is -2.13. The van der Waals surface area contributed by atoms with E-state index >= 15 is 0 Å². The van der Waals surface area contributed by atoms with E-state index in [1.54, 1.807) is 0 Å². The van der Waals surface area contributed by atoms with Crippen LogP contribution < -0.4 is 0 Å². The van der Waals surface area contributed by atoms with Crippen molar-refractivity contribution in [2.45, 2.75) is 40.0 Å². The van der Waals surface area contributed by atoms with Crippen molar-refractivity contribution >= 4 is 15.2 Å². The van der Waals surface area contributed by atoms with Gasteiger partial charge in [0.25, 0.3) is 0 Å². The number of rotatable bonds is 13. The zero-order valence-corrected chi connectivity index (χ0v) is 22.4. The summed E-state index contributed by atoms with van der Waals surface area (Å²) in [4.78, 5) is 0. The van der Waals surface area contributed by atoms with E-state index in [-0.39, 0.29) is 26.4 Å². The first kappa shape index (κ1) is 32.4. The van der Waals surface area contributed by atoms with Crippen molar-refractivity contribution in [1.29, 1.82) is 0 Å². The van der Waals surface area contributed by atoms with Crippen LogP contribution in [0.15, 0.2) is 0 Å². The van der Waals surface area contributed by atoms with Gasteiger partial charge in [-0.3, -0.25) is 9.13 Å². The Morgan fingerprint density at radius 1 is 0.447 bits per heavy atom. The Morgan fingerprint density at radius 3 is 0.842 bits per heavy atom. The minimum Gasteiger partial charge on any atom is -0.309 e. The van der Waals surface area contributed by atoms with Crippen molar-refractivity contribution in [2.75, 3.05) is 26.4 Å². The minimum absolute atomic E-state index is 0.273. The van der Waals surface area contributed by atoms with Gasteiger partial charge in [0.05, 0.1) is 49.9 Å². The average molecular weight is 598 g/mol. The highest BCUT2D eigenvalue weighted by atomic mass is 31.2. The van der Waals surface area contributed by atoms with Crippen molar-refractivity contribution in [2.24, 2.45) is 0 Å². The molecule has 0 aliphatic heterocycles. The molecule has 0 unspecified atom stereocenters. The second kappa shape index (κ2) is 13.0. The summed E-state index contributed by atoms with van der Waals surface area (Å²) in [5.41, 5.74) is -7.18. The lowest BCUT2D eigenvalue weighted by molar-refractivity contribution is 0.217. The van der Waals surface area contributed by atoms with Crippen molar-refractivity contribution < 1.29 is 62.3 Å². The van der Waals surface area contributed by atoms with Gasteiger partial charge >= 0.3 is 15.2 Å². The molecule has 2 rings (SSSR count). The van der Waals surface area contributed by atoms with Crippen molar-refractivity contribution in [1.82, 2.24) is 0 Å². The van der Waals surface area contributed by atoms with Gasteiger partial charge in [-0.2, -0.15) is 0 Å². The van der Waals surface area contributed by atoms with Crippen molar-refractivity contribution in [3.63, 3.8) is 0 Å². The van der Waals surface area contributed by atoms with Crippen LogP contribution in [0.4, 0.5) is 35.1 Å². The van der Waals surface area contributed by atoms with E-state index in [4.69, 9.17) is 18.1 Å². The van der Waals surface area contributed by atoms with Gasteiger partial charge in [0.2, 0.25) is 0 Å². The van der Waals surface area contributed by atoms with Gasteiger partial charge < -0.3 is 18.1 Å². The standard InChI is InChI=1S/C22H24F8O6P2/c1-5-33-37(31,34-6-2)9-11-15(23)19(27)13(20(28)16(11)24)14-21(29)17(25)12(18(26)22(14)30)10-38(32,35-7-3)36-8-4/h5-10H2,1-4H3. The highest BCUT2D eigenvalue weighted by Gasteiger charge is 2.38. The van der Waals surface area contributed by atoms with Crippen LogP contribution in [-0.4, -0.2) is 26.4 Å². The van der Waals surface area contributed by atoms with Gasteiger partial charge in [-0.05, 0) is 27.7 Å². The molecule has 2 aromatic carbocycles. The van der Waals surface area contributed by atoms with Crippen molar-refractivity contribution in [3.8, 4) is 11.1 Å². The first-order valence-corrected chi connectivity index (χ1v) is 14.6. The zero-order chi connectivity index (χ0) is 29.0. The molecule has 2 aromatic rings. The van der Waals surface area contributed by atoms with Gasteiger partial charge in [-0.1, -0.05) is 0 Å². The summed E-state index contributed by atoms with van der Waals surface area (Å²) in [5.74, 6) is -18.7. The summed E-state index contributed by atoms with van der Waals surface area (Å²) >= 11 is 0. The quantitative estimate of drug-likeness (QED) is 0.132. The molecule has 0 bridgehead atoms. The molecule has 0 spiro atoms. The third kappa shape index (κ3) is 6.48. The van der Waals surface area contributed by atoms with Crippen LogP contribution in [0.1, 0.15) is 38.8 Å². The van der Waals surface area contributed by atoms with E-state index in [2.05, 4.69) is 0 Å². The fourth-order valence-electron chi connectivity index (χ4n) is 3.50. The first-order valence-electron chi connectivity index (χ1n) is 11.2. The van der Waals surface area contributed by atoms with E-state index in [9.17, 15) is 44.3 Å². The van der Waals surface area contributed by atoms with Gasteiger partial charge in [-0.15, -0.1) is 0 Å². The Bertz CT molecular complexity index is 1110. The number of hydrogen-bond acceptors (Lipinski definition) is 6. The molecule has 0 aliphatic rings. The van der Waals surface area contributed by atoms with Crippen molar-refractivity contribution in [3.05, 3.63) is 57.7 Å². The van der Waals surface area contributed by atoms with E-state index in [1.165, 1.54) is 27.7 Å². The summed E-state index contributed by atoms with van der Waals surface area (Å²) in [6.07, 6.45) is -2.62. The Kier molecular flexibility index (Phi) is 11.1. The number of benzene rings is 2. The topological polar surface area (TPSA) is 71.1 Å². The normalized spacial score (nSPS) is 12.4. The predicted octanol–water partition coefficient (Wildman–Crippen LogP) is 8.00. The third-order valence-corrected chi connectivity index (χ3v) is 8.98. The molecule has 38 heavy (non-hydrogen) atoms. The molecule has 0 radical (unpaired) electrons. The molecule has 0 N–H and O–H groups in total. The van der Waals surface area contributed by atoms with Gasteiger partial charge in [-0.25, -0.2) is 35.1 Å². The largest absolute Gasteiger partial charge is 0.335 e. The van der Waals surface area contributed by atoms with E-state index in [0.717, 1.165) is 0 Å². The molecule has 0 heterocycles. The smallest absolute Gasteiger partial charge is 0.309 e. The molecular formula is C22H24F8O6P2. The van der Waals surface area contributed by atoms with Crippen LogP contribution in [0.25, 0.3) is 11.1 Å². The van der Waals surface area contributed by atoms with Crippen LogP contribution >= 0.6 is 15.2 Å². The maximum Gasteiger partial charge on any atom is 0.335 e. The van der Waals surface area contributed by atoms with Crippen LogP contribution in [0.3, 0.4) is 0 Å². The van der Waals surface area contributed by atoms with Crippen LogP contribution in [0.2, 0.25) is 0 Å². The molecule has 214 valence electrons. The molecule has 0 aliphatic carbocycles. The maximum atomic E-state index is 14.9. The number of hydrogen-bond donors (Lipinski definition) is 0. The van der Waals surface area contributed by atoms with E-state index in [0.29, 0.717) is 0 Å². The molecule has 0 atom stereocenters. The van der Waals surface area contributed by atoms with Crippen LogP contribution in [0, 0.1) is 46.5 Å². The highest BCUT2D eigenvalue weighted by Crippen LogP contribution is 2.54. The summed E-state index contributed by atoms with van der Waals surface area (Å²) in [6.45, 7) is 4.31. The Hall–Kier alpha value is -1.82. The summed E-state index contributed by atoms with van der Waals surface area (Å²) in [5, 5.41) is 0. The molecular weight excluding hydrogens is 574 g/mol.